The standard InChI is InChI=1S/C22H28N4O3.2CH2O2/c27-21-15-20-22(26(21)12-14-29-22)7-10-25(20)16-18-5-1-2-6-19(18)28-13-4-3-9-24-11-8-23-17-24;2*2-1-3/h1-2,5-6,8,11,17,20H,3-4,7,9-10,12-16H2;2*1H,(H,2,3)/t20-,22+;;/m1../s1. The Labute approximate surface area is 203 Å². The lowest BCUT2D eigenvalue weighted by atomic mass is 10.1. The van der Waals surface area contributed by atoms with Gasteiger partial charge in [-0.15, -0.1) is 0 Å². The molecule has 1 aromatic carbocycles. The second-order valence-electron chi connectivity index (χ2n) is 8.35. The van der Waals surface area contributed by atoms with E-state index in [0.29, 0.717) is 19.6 Å². The third-order valence-corrected chi connectivity index (χ3v) is 6.48. The molecule has 11 nitrogen and oxygen atoms in total. The number of carbonyl (C=O) groups excluding carboxylic acids is 1. The number of carboxylic acid groups (broad SMARTS) is 2. The van der Waals surface area contributed by atoms with Crippen molar-refractivity contribution < 1.29 is 34.1 Å². The van der Waals surface area contributed by atoms with Crippen LogP contribution in [0.4, 0.5) is 0 Å². The average Bonchev–Trinajstić information content (AvgIpc) is 3.62. The maximum Gasteiger partial charge on any atom is 0.290 e. The van der Waals surface area contributed by atoms with Crippen LogP contribution in [0.25, 0.3) is 0 Å². The lowest BCUT2D eigenvalue weighted by Gasteiger charge is -2.31. The van der Waals surface area contributed by atoms with E-state index < -0.39 is 0 Å². The molecule has 2 N–H and O–H groups in total. The molecule has 0 bridgehead atoms. The first-order chi connectivity index (χ1) is 17.1. The van der Waals surface area contributed by atoms with Crippen LogP contribution in [-0.2, 0) is 32.2 Å². The number of hydrogen-bond donors (Lipinski definition) is 2. The zero-order valence-corrected chi connectivity index (χ0v) is 19.6. The van der Waals surface area contributed by atoms with E-state index in [4.69, 9.17) is 29.3 Å². The van der Waals surface area contributed by atoms with E-state index in [0.717, 1.165) is 51.2 Å². The van der Waals surface area contributed by atoms with E-state index in [2.05, 4.69) is 32.7 Å². The van der Waals surface area contributed by atoms with Crippen molar-refractivity contribution in [3.05, 3.63) is 48.5 Å². The number of carbonyl (C=O) groups is 3. The van der Waals surface area contributed by atoms with Gasteiger partial charge in [-0.25, -0.2) is 4.98 Å². The van der Waals surface area contributed by atoms with Gasteiger partial charge in [-0.05, 0) is 18.9 Å². The molecule has 1 spiro atoms. The number of benzene rings is 1. The summed E-state index contributed by atoms with van der Waals surface area (Å²) in [6.07, 6.45) is 9.18. The Kier molecular flexibility index (Phi) is 9.62. The molecule has 3 fully saturated rings. The molecule has 1 amide bonds. The summed E-state index contributed by atoms with van der Waals surface area (Å²) >= 11 is 0. The Morgan fingerprint density at radius 3 is 2.69 bits per heavy atom. The molecule has 3 saturated heterocycles. The summed E-state index contributed by atoms with van der Waals surface area (Å²) in [5, 5.41) is 13.8. The molecule has 0 saturated carbocycles. The van der Waals surface area contributed by atoms with Gasteiger partial charge in [-0.2, -0.15) is 0 Å². The highest BCUT2D eigenvalue weighted by Gasteiger charge is 2.61. The smallest absolute Gasteiger partial charge is 0.290 e. The van der Waals surface area contributed by atoms with E-state index in [1.165, 1.54) is 5.56 Å². The number of unbranched alkanes of at least 4 members (excludes halogenated alkanes) is 1. The van der Waals surface area contributed by atoms with Crippen molar-refractivity contribution in [1.29, 1.82) is 0 Å². The van der Waals surface area contributed by atoms with Crippen LogP contribution in [-0.4, -0.2) is 86.5 Å². The number of imidazole rings is 1. The molecule has 5 rings (SSSR count). The second-order valence-corrected chi connectivity index (χ2v) is 8.35. The van der Waals surface area contributed by atoms with Gasteiger partial charge in [0.15, 0.2) is 5.72 Å². The fourth-order valence-corrected chi connectivity index (χ4v) is 5.06. The van der Waals surface area contributed by atoms with Gasteiger partial charge in [0.25, 0.3) is 12.9 Å². The van der Waals surface area contributed by atoms with Crippen LogP contribution >= 0.6 is 0 Å². The van der Waals surface area contributed by atoms with Crippen molar-refractivity contribution >= 4 is 18.9 Å². The molecule has 2 aromatic rings. The minimum absolute atomic E-state index is 0.153. The van der Waals surface area contributed by atoms with E-state index >= 15 is 0 Å². The van der Waals surface area contributed by atoms with E-state index in [1.807, 2.05) is 29.7 Å². The van der Waals surface area contributed by atoms with Gasteiger partial charge in [0.05, 0.1) is 25.6 Å². The monoisotopic (exact) mass is 488 g/mol. The molecule has 0 aliphatic carbocycles. The largest absolute Gasteiger partial charge is 0.493 e. The Bertz CT molecular complexity index is 949. The van der Waals surface area contributed by atoms with Crippen LogP contribution in [0.5, 0.6) is 5.75 Å². The first kappa shape index (κ1) is 26.2. The van der Waals surface area contributed by atoms with E-state index in [-0.39, 0.29) is 30.6 Å². The van der Waals surface area contributed by atoms with Gasteiger partial charge in [0.1, 0.15) is 5.75 Å². The summed E-state index contributed by atoms with van der Waals surface area (Å²) in [5.41, 5.74) is 0.809. The van der Waals surface area contributed by atoms with Crippen molar-refractivity contribution in [2.75, 3.05) is 26.3 Å². The van der Waals surface area contributed by atoms with Crippen LogP contribution < -0.4 is 4.74 Å². The van der Waals surface area contributed by atoms with Crippen LogP contribution in [0.15, 0.2) is 43.0 Å². The number of para-hydroxylation sites is 1. The minimum atomic E-state index is -0.375. The quantitative estimate of drug-likeness (QED) is 0.420. The Balaban J connectivity index is 0.000000520. The van der Waals surface area contributed by atoms with Crippen LogP contribution in [0.2, 0.25) is 0 Å². The van der Waals surface area contributed by atoms with Gasteiger partial charge in [-0.1, -0.05) is 18.2 Å². The molecule has 1 aromatic heterocycles. The Morgan fingerprint density at radius 2 is 1.94 bits per heavy atom. The Morgan fingerprint density at radius 1 is 1.17 bits per heavy atom. The molecule has 35 heavy (non-hydrogen) atoms. The number of amides is 1. The number of rotatable bonds is 8. The number of ether oxygens (including phenoxy) is 2. The van der Waals surface area contributed by atoms with Crippen molar-refractivity contribution in [2.24, 2.45) is 0 Å². The van der Waals surface area contributed by atoms with Gasteiger partial charge in [0.2, 0.25) is 5.91 Å². The normalized spacial score (nSPS) is 22.3. The summed E-state index contributed by atoms with van der Waals surface area (Å²) in [5.74, 6) is 1.18. The lowest BCUT2D eigenvalue weighted by Crippen LogP contribution is -2.47. The van der Waals surface area contributed by atoms with Crippen molar-refractivity contribution in [1.82, 2.24) is 19.4 Å². The number of likely N-dealkylation sites (tertiary alicyclic amines) is 1. The first-order valence-corrected chi connectivity index (χ1v) is 11.6. The summed E-state index contributed by atoms with van der Waals surface area (Å²) < 4.78 is 14.3. The highest BCUT2D eigenvalue weighted by atomic mass is 16.5. The molecule has 3 aliphatic heterocycles. The van der Waals surface area contributed by atoms with Crippen molar-refractivity contribution in [3.8, 4) is 5.75 Å². The SMILES string of the molecule is O=C1C[C@H]2N(Cc3ccccc3OCCCCn3ccnc3)CC[C@]23OCCN13.O=CO.O=CO. The molecule has 0 unspecified atom stereocenters. The number of nitrogens with zero attached hydrogens (tertiary/aromatic N) is 4. The predicted molar refractivity (Wildman–Crippen MR) is 125 cm³/mol. The number of hydrogen-bond acceptors (Lipinski definition) is 7. The summed E-state index contributed by atoms with van der Waals surface area (Å²) in [4.78, 5) is 37.6. The highest BCUT2D eigenvalue weighted by Crippen LogP contribution is 2.46. The summed E-state index contributed by atoms with van der Waals surface area (Å²) in [7, 11) is 0. The highest BCUT2D eigenvalue weighted by molar-refractivity contribution is 5.81. The third-order valence-electron chi connectivity index (χ3n) is 6.48. The fourth-order valence-electron chi connectivity index (χ4n) is 5.06. The van der Waals surface area contributed by atoms with Gasteiger partial charge in [0, 0.05) is 57.0 Å². The molecule has 190 valence electrons. The maximum atomic E-state index is 12.4. The molecule has 3 aliphatic rings. The topological polar surface area (TPSA) is 134 Å². The van der Waals surface area contributed by atoms with Crippen LogP contribution in [0.3, 0.4) is 0 Å². The van der Waals surface area contributed by atoms with E-state index in [9.17, 15) is 4.79 Å². The molecular weight excluding hydrogens is 456 g/mol. The Hall–Kier alpha value is -3.44. The zero-order valence-electron chi connectivity index (χ0n) is 19.6. The van der Waals surface area contributed by atoms with E-state index in [1.54, 1.807) is 0 Å². The van der Waals surface area contributed by atoms with Gasteiger partial charge >= 0.3 is 0 Å². The third kappa shape index (κ3) is 6.17. The average molecular weight is 489 g/mol. The number of aryl methyl sites for hydroxylation is 1. The van der Waals surface area contributed by atoms with Gasteiger partial charge < -0.3 is 29.2 Å². The number of aromatic nitrogens is 2. The summed E-state index contributed by atoms with van der Waals surface area (Å²) in [6, 6.07) is 8.42. The molecule has 0 radical (unpaired) electrons. The summed E-state index contributed by atoms with van der Waals surface area (Å²) in [6.45, 7) is 4.31. The molecule has 2 atom stereocenters. The van der Waals surface area contributed by atoms with Crippen molar-refractivity contribution in [2.45, 2.75) is 50.5 Å². The lowest BCUT2D eigenvalue weighted by molar-refractivity contribution is -0.136. The molecule has 11 heteroatoms. The second kappa shape index (κ2) is 12.9. The van der Waals surface area contributed by atoms with Gasteiger partial charge in [-0.3, -0.25) is 19.3 Å². The van der Waals surface area contributed by atoms with Crippen LogP contribution in [0.1, 0.15) is 31.2 Å². The molecule has 4 heterocycles. The molecular formula is C24H32N4O7. The minimum Gasteiger partial charge on any atom is -0.493 e. The van der Waals surface area contributed by atoms with Crippen molar-refractivity contribution in [3.63, 3.8) is 0 Å². The zero-order chi connectivity index (χ0) is 25.1. The first-order valence-electron chi connectivity index (χ1n) is 11.6. The fraction of sp³-hybridized carbons (Fsp3) is 0.500. The maximum absolute atomic E-state index is 12.4. The predicted octanol–water partition coefficient (Wildman–Crippen LogP) is 1.68. The van der Waals surface area contributed by atoms with Crippen LogP contribution in [0, 0.1) is 0 Å².